The van der Waals surface area contributed by atoms with Gasteiger partial charge < -0.3 is 5.11 Å². The summed E-state index contributed by atoms with van der Waals surface area (Å²) >= 11 is 0. The van der Waals surface area contributed by atoms with Crippen LogP contribution in [0.1, 0.15) is 61.6 Å². The van der Waals surface area contributed by atoms with E-state index >= 15 is 0 Å². The van der Waals surface area contributed by atoms with Gasteiger partial charge in [-0.2, -0.15) is 0 Å². The van der Waals surface area contributed by atoms with Crippen LogP contribution in [0.4, 0.5) is 0 Å². The monoisotopic (exact) mass is 416 g/mol. The molecule has 4 nitrogen and oxygen atoms in total. The van der Waals surface area contributed by atoms with Crippen LogP contribution in [-0.2, 0) is 21.1 Å². The predicted molar refractivity (Wildman–Crippen MR) is 117 cm³/mol. The molecular weight excluding hydrogens is 384 g/mol. The fourth-order valence-corrected chi connectivity index (χ4v) is 5.01. The van der Waals surface area contributed by atoms with Crippen LogP contribution in [0.5, 0.6) is 0 Å². The van der Waals surface area contributed by atoms with Gasteiger partial charge in [0, 0.05) is 0 Å². The lowest BCUT2D eigenvalue weighted by Crippen LogP contribution is -2.30. The summed E-state index contributed by atoms with van der Waals surface area (Å²) in [4.78, 5) is 11.7. The summed E-state index contributed by atoms with van der Waals surface area (Å²) in [6, 6.07) is 15.0. The molecule has 0 aromatic heterocycles. The minimum Gasteiger partial charge on any atom is -0.480 e. The van der Waals surface area contributed by atoms with Crippen molar-refractivity contribution in [2.24, 2.45) is 0 Å². The Hall–Kier alpha value is -2.14. The molecule has 0 aliphatic heterocycles. The molecule has 1 atom stereocenters. The van der Waals surface area contributed by atoms with Gasteiger partial charge in [-0.15, -0.1) is 0 Å². The minimum absolute atomic E-state index is 0.0894. The lowest BCUT2D eigenvalue weighted by molar-refractivity contribution is -0.136. The van der Waals surface area contributed by atoms with Gasteiger partial charge in [-0.1, -0.05) is 79.6 Å². The average molecular weight is 417 g/mol. The molecule has 5 heteroatoms. The molecule has 2 aromatic carbocycles. The molecule has 0 spiro atoms. The van der Waals surface area contributed by atoms with Gasteiger partial charge in [-0.25, -0.2) is 8.42 Å². The number of carboxylic acids is 1. The Morgan fingerprint density at radius 1 is 0.793 bits per heavy atom. The topological polar surface area (TPSA) is 71.4 Å². The molecule has 2 aromatic rings. The highest BCUT2D eigenvalue weighted by Gasteiger charge is 2.33. The van der Waals surface area contributed by atoms with E-state index < -0.39 is 21.1 Å². The van der Waals surface area contributed by atoms with Crippen LogP contribution in [-0.4, -0.2) is 24.7 Å². The van der Waals surface area contributed by atoms with Crippen LogP contribution >= 0.6 is 0 Å². The Morgan fingerprint density at radius 3 is 1.83 bits per heavy atom. The molecule has 0 amide bonds. The molecule has 0 fully saturated rings. The van der Waals surface area contributed by atoms with Crippen molar-refractivity contribution >= 4 is 15.8 Å². The SMILES string of the molecule is Cc1ccc(CCCCCCCCC(C(=O)O)S(=O)(=O)c2ccc(C)cc2)cc1. The van der Waals surface area contributed by atoms with E-state index in [1.54, 1.807) is 12.1 Å². The van der Waals surface area contributed by atoms with E-state index in [0.29, 0.717) is 6.42 Å². The molecule has 0 saturated heterocycles. The highest BCUT2D eigenvalue weighted by Crippen LogP contribution is 2.22. The second-order valence-corrected chi connectivity index (χ2v) is 9.96. The first-order valence-electron chi connectivity index (χ1n) is 10.4. The number of carboxylic acid groups (broad SMARTS) is 1. The quantitative estimate of drug-likeness (QED) is 0.464. The second kappa shape index (κ2) is 11.1. The van der Waals surface area contributed by atoms with E-state index in [2.05, 4.69) is 31.2 Å². The second-order valence-electron chi connectivity index (χ2n) is 7.83. The number of aryl methyl sites for hydroxylation is 3. The lowest BCUT2D eigenvalue weighted by atomic mass is 10.0. The smallest absolute Gasteiger partial charge is 0.322 e. The molecule has 0 heterocycles. The fraction of sp³-hybridized carbons (Fsp3) is 0.458. The fourth-order valence-electron chi connectivity index (χ4n) is 3.42. The molecule has 1 N–H and O–H groups in total. The number of benzene rings is 2. The highest BCUT2D eigenvalue weighted by atomic mass is 32.2. The standard InChI is InChI=1S/C24H32O4S/c1-19-11-15-21(16-12-19)9-7-5-3-4-6-8-10-23(24(25)26)29(27,28)22-17-13-20(2)14-18-22/h11-18,23H,3-10H2,1-2H3,(H,25,26). The van der Waals surface area contributed by atoms with Gasteiger partial charge in [0.15, 0.2) is 15.1 Å². The van der Waals surface area contributed by atoms with Crippen LogP contribution in [0, 0.1) is 13.8 Å². The molecule has 158 valence electrons. The predicted octanol–water partition coefficient (Wildman–Crippen LogP) is 5.50. The van der Waals surface area contributed by atoms with Crippen molar-refractivity contribution in [1.82, 2.24) is 0 Å². The van der Waals surface area contributed by atoms with Crippen molar-refractivity contribution in [3.05, 3.63) is 65.2 Å². The lowest BCUT2D eigenvalue weighted by Gasteiger charge is -2.14. The van der Waals surface area contributed by atoms with Crippen molar-refractivity contribution in [3.8, 4) is 0 Å². The average Bonchev–Trinajstić information content (AvgIpc) is 2.68. The van der Waals surface area contributed by atoms with Crippen molar-refractivity contribution < 1.29 is 18.3 Å². The largest absolute Gasteiger partial charge is 0.480 e. The van der Waals surface area contributed by atoms with Gasteiger partial charge >= 0.3 is 5.97 Å². The molecule has 29 heavy (non-hydrogen) atoms. The molecule has 0 bridgehead atoms. The number of hydrogen-bond acceptors (Lipinski definition) is 3. The van der Waals surface area contributed by atoms with Crippen molar-refractivity contribution in [2.75, 3.05) is 0 Å². The Morgan fingerprint density at radius 2 is 1.28 bits per heavy atom. The van der Waals surface area contributed by atoms with Gasteiger partial charge in [0.1, 0.15) is 0 Å². The van der Waals surface area contributed by atoms with Crippen LogP contribution in [0.2, 0.25) is 0 Å². The van der Waals surface area contributed by atoms with E-state index in [1.165, 1.54) is 23.3 Å². The van der Waals surface area contributed by atoms with Crippen molar-refractivity contribution in [3.63, 3.8) is 0 Å². The summed E-state index contributed by atoms with van der Waals surface area (Å²) in [5, 5.41) is 8.07. The number of carbonyl (C=O) groups is 1. The maximum atomic E-state index is 12.7. The van der Waals surface area contributed by atoms with Crippen molar-refractivity contribution in [2.45, 2.75) is 75.4 Å². The van der Waals surface area contributed by atoms with Crippen LogP contribution in [0.3, 0.4) is 0 Å². The molecule has 2 rings (SSSR count). The molecule has 0 saturated carbocycles. The highest BCUT2D eigenvalue weighted by molar-refractivity contribution is 7.92. The first-order chi connectivity index (χ1) is 13.8. The molecule has 0 aliphatic rings. The van der Waals surface area contributed by atoms with E-state index in [1.807, 2.05) is 6.92 Å². The minimum atomic E-state index is -3.85. The summed E-state index contributed by atoms with van der Waals surface area (Å²) in [5.41, 5.74) is 3.58. The van der Waals surface area contributed by atoms with Gasteiger partial charge in [0.2, 0.25) is 0 Å². The number of unbranched alkanes of at least 4 members (excludes halogenated alkanes) is 5. The van der Waals surface area contributed by atoms with Gasteiger partial charge in [0.25, 0.3) is 0 Å². The summed E-state index contributed by atoms with van der Waals surface area (Å²) in [6.07, 6.45) is 7.09. The number of rotatable bonds is 12. The number of hydrogen-bond donors (Lipinski definition) is 1. The third kappa shape index (κ3) is 7.32. The zero-order valence-corrected chi connectivity index (χ0v) is 18.2. The Labute approximate surface area is 174 Å². The molecule has 0 aliphatic carbocycles. The Kier molecular flexibility index (Phi) is 8.90. The van der Waals surface area contributed by atoms with E-state index in [4.69, 9.17) is 0 Å². The number of aliphatic carboxylic acids is 1. The molecule has 0 radical (unpaired) electrons. The molecule has 1 unspecified atom stereocenters. The normalized spacial score (nSPS) is 12.6. The summed E-state index contributed by atoms with van der Waals surface area (Å²) < 4.78 is 25.3. The Balaban J connectivity index is 1.70. The third-order valence-electron chi connectivity index (χ3n) is 5.30. The van der Waals surface area contributed by atoms with Gasteiger partial charge in [-0.05, 0) is 50.8 Å². The van der Waals surface area contributed by atoms with Crippen LogP contribution in [0.25, 0.3) is 0 Å². The molecular formula is C24H32O4S. The zero-order valence-electron chi connectivity index (χ0n) is 17.4. The van der Waals surface area contributed by atoms with Crippen LogP contribution < -0.4 is 0 Å². The summed E-state index contributed by atoms with van der Waals surface area (Å²) in [5.74, 6) is -1.26. The maximum absolute atomic E-state index is 12.7. The van der Waals surface area contributed by atoms with Crippen molar-refractivity contribution in [1.29, 1.82) is 0 Å². The van der Waals surface area contributed by atoms with E-state index in [-0.39, 0.29) is 11.3 Å². The summed E-state index contributed by atoms with van der Waals surface area (Å²) in [7, 11) is -3.85. The van der Waals surface area contributed by atoms with E-state index in [0.717, 1.165) is 44.1 Å². The van der Waals surface area contributed by atoms with Gasteiger partial charge in [0.05, 0.1) is 4.90 Å². The number of sulfone groups is 1. The van der Waals surface area contributed by atoms with Crippen LogP contribution in [0.15, 0.2) is 53.4 Å². The van der Waals surface area contributed by atoms with Gasteiger partial charge in [-0.3, -0.25) is 4.79 Å². The maximum Gasteiger partial charge on any atom is 0.322 e. The first-order valence-corrected chi connectivity index (χ1v) is 11.9. The zero-order chi connectivity index (χ0) is 21.3. The van der Waals surface area contributed by atoms with E-state index in [9.17, 15) is 18.3 Å². The Bertz CT molecular complexity index is 868. The summed E-state index contributed by atoms with van der Waals surface area (Å²) in [6.45, 7) is 3.95. The third-order valence-corrected chi connectivity index (χ3v) is 7.42. The first kappa shape index (κ1) is 23.1.